The summed E-state index contributed by atoms with van der Waals surface area (Å²) < 4.78 is 10.5. The van der Waals surface area contributed by atoms with Crippen molar-refractivity contribution < 1.29 is 28.7 Å². The lowest BCUT2D eigenvalue weighted by Gasteiger charge is -2.36. The van der Waals surface area contributed by atoms with Gasteiger partial charge in [-0.05, 0) is 53.2 Å². The second-order valence-corrected chi connectivity index (χ2v) is 11.9. The number of nitrogens with one attached hydrogen (secondary N) is 1. The summed E-state index contributed by atoms with van der Waals surface area (Å²) in [5, 5.41) is 2.84. The van der Waals surface area contributed by atoms with Gasteiger partial charge < -0.3 is 24.6 Å². The SMILES string of the molecule is CCOC(=O)N1CCN(C(=O)C(CCC(=O)OC(C)(C)C)NC(=O)c2cc(-c3cccc(C)c3)nc(-c3ccccc3)n2)CC1. The van der Waals surface area contributed by atoms with Crippen LogP contribution in [0.4, 0.5) is 4.79 Å². The fraction of sp³-hybridized carbons (Fsp3) is 0.412. The molecule has 2 heterocycles. The van der Waals surface area contributed by atoms with E-state index in [0.29, 0.717) is 24.6 Å². The number of benzene rings is 2. The van der Waals surface area contributed by atoms with Crippen LogP contribution in [0.2, 0.25) is 0 Å². The normalized spacial score (nSPS) is 14.0. The second-order valence-electron chi connectivity index (χ2n) is 11.9. The quantitative estimate of drug-likeness (QED) is 0.345. The number of hydrogen-bond donors (Lipinski definition) is 1. The Morgan fingerprint density at radius 3 is 2.20 bits per heavy atom. The van der Waals surface area contributed by atoms with Gasteiger partial charge in [0.25, 0.3) is 5.91 Å². The molecule has 0 radical (unpaired) electrons. The first-order valence-corrected chi connectivity index (χ1v) is 15.2. The number of carbonyl (C=O) groups is 4. The van der Waals surface area contributed by atoms with Crippen molar-refractivity contribution in [3.63, 3.8) is 0 Å². The highest BCUT2D eigenvalue weighted by molar-refractivity contribution is 5.97. The van der Waals surface area contributed by atoms with Crippen LogP contribution in [0, 0.1) is 6.92 Å². The third-order valence-electron chi connectivity index (χ3n) is 7.08. The van der Waals surface area contributed by atoms with E-state index in [9.17, 15) is 19.2 Å². The fourth-order valence-corrected chi connectivity index (χ4v) is 4.92. The molecule has 1 saturated heterocycles. The monoisotopic (exact) mass is 615 g/mol. The molecular formula is C34H41N5O6. The highest BCUT2D eigenvalue weighted by Gasteiger charge is 2.32. The van der Waals surface area contributed by atoms with Crippen LogP contribution >= 0.6 is 0 Å². The van der Waals surface area contributed by atoms with Gasteiger partial charge in [0.05, 0.1) is 12.3 Å². The van der Waals surface area contributed by atoms with Gasteiger partial charge in [0.2, 0.25) is 5.91 Å². The molecule has 1 aromatic heterocycles. The first-order chi connectivity index (χ1) is 21.4. The highest BCUT2D eigenvalue weighted by atomic mass is 16.6. The van der Waals surface area contributed by atoms with Crippen molar-refractivity contribution >= 4 is 23.9 Å². The van der Waals surface area contributed by atoms with Gasteiger partial charge in [0.1, 0.15) is 17.3 Å². The summed E-state index contributed by atoms with van der Waals surface area (Å²) in [7, 11) is 0. The molecule has 1 aliphatic heterocycles. The number of rotatable bonds is 9. The minimum Gasteiger partial charge on any atom is -0.460 e. The van der Waals surface area contributed by atoms with Gasteiger partial charge in [0, 0.05) is 43.7 Å². The first kappa shape index (κ1) is 33.1. The molecule has 1 atom stereocenters. The standard InChI is InChI=1S/C34H41N5O6/c1-6-44-33(43)39-19-17-38(18-20-39)32(42)26(15-16-29(40)45-34(3,4)5)37-31(41)28-22-27(25-14-10-11-23(2)21-25)35-30(36-28)24-12-8-7-9-13-24/h7-14,21-22,26H,6,15-20H2,1-5H3,(H,37,41). The number of nitrogens with zero attached hydrogens (tertiary/aromatic N) is 4. The van der Waals surface area contributed by atoms with Gasteiger partial charge in [-0.15, -0.1) is 0 Å². The van der Waals surface area contributed by atoms with Crippen LogP contribution in [-0.4, -0.2) is 88.1 Å². The highest BCUT2D eigenvalue weighted by Crippen LogP contribution is 2.24. The number of hydrogen-bond acceptors (Lipinski definition) is 8. The Bertz CT molecular complexity index is 1510. The van der Waals surface area contributed by atoms with Gasteiger partial charge in [-0.1, -0.05) is 54.1 Å². The van der Waals surface area contributed by atoms with Crippen LogP contribution in [0.5, 0.6) is 0 Å². The zero-order chi connectivity index (χ0) is 32.6. The van der Waals surface area contributed by atoms with Crippen molar-refractivity contribution in [1.29, 1.82) is 0 Å². The molecule has 1 aliphatic rings. The summed E-state index contributed by atoms with van der Waals surface area (Å²) in [6.45, 7) is 10.4. The maximum Gasteiger partial charge on any atom is 0.409 e. The van der Waals surface area contributed by atoms with Crippen LogP contribution < -0.4 is 5.32 Å². The maximum atomic E-state index is 13.8. The van der Waals surface area contributed by atoms with E-state index in [-0.39, 0.29) is 44.1 Å². The third-order valence-corrected chi connectivity index (χ3v) is 7.08. The minimum absolute atomic E-state index is 0.0267. The number of esters is 1. The summed E-state index contributed by atoms with van der Waals surface area (Å²) in [6, 6.07) is 17.7. The molecule has 11 nitrogen and oxygen atoms in total. The molecule has 3 amide bonds. The molecule has 2 aromatic carbocycles. The first-order valence-electron chi connectivity index (χ1n) is 15.2. The molecule has 3 aromatic rings. The van der Waals surface area contributed by atoms with Crippen LogP contribution in [0.3, 0.4) is 0 Å². The number of ether oxygens (including phenoxy) is 2. The average molecular weight is 616 g/mol. The molecule has 45 heavy (non-hydrogen) atoms. The number of aryl methyl sites for hydroxylation is 1. The molecule has 4 rings (SSSR count). The summed E-state index contributed by atoms with van der Waals surface area (Å²) >= 11 is 0. The minimum atomic E-state index is -1.03. The van der Waals surface area contributed by atoms with E-state index in [1.807, 2.05) is 61.5 Å². The van der Waals surface area contributed by atoms with E-state index >= 15 is 0 Å². The van der Waals surface area contributed by atoms with Gasteiger partial charge in [-0.25, -0.2) is 14.8 Å². The molecule has 1 unspecified atom stereocenters. The van der Waals surface area contributed by atoms with Crippen LogP contribution in [0.15, 0.2) is 60.7 Å². The second kappa shape index (κ2) is 14.8. The van der Waals surface area contributed by atoms with Crippen molar-refractivity contribution in [3.05, 3.63) is 71.9 Å². The van der Waals surface area contributed by atoms with Crippen LogP contribution in [0.1, 0.15) is 56.6 Å². The van der Waals surface area contributed by atoms with Crippen molar-refractivity contribution in [3.8, 4) is 22.6 Å². The lowest BCUT2D eigenvalue weighted by molar-refractivity contribution is -0.155. The Hall–Kier alpha value is -4.80. The molecule has 1 N–H and O–H groups in total. The summed E-state index contributed by atoms with van der Waals surface area (Å²) in [5.74, 6) is -1.04. The molecule has 0 saturated carbocycles. The Morgan fingerprint density at radius 2 is 1.56 bits per heavy atom. The van der Waals surface area contributed by atoms with Gasteiger partial charge >= 0.3 is 12.1 Å². The largest absolute Gasteiger partial charge is 0.460 e. The van der Waals surface area contributed by atoms with E-state index in [0.717, 1.165) is 16.7 Å². The molecular weight excluding hydrogens is 574 g/mol. The zero-order valence-electron chi connectivity index (χ0n) is 26.5. The van der Waals surface area contributed by atoms with E-state index in [1.54, 1.807) is 43.6 Å². The number of amides is 3. The van der Waals surface area contributed by atoms with Crippen molar-refractivity contribution in [2.24, 2.45) is 0 Å². The molecule has 0 bridgehead atoms. The smallest absolute Gasteiger partial charge is 0.409 e. The molecule has 11 heteroatoms. The van der Waals surface area contributed by atoms with Crippen LogP contribution in [-0.2, 0) is 19.1 Å². The van der Waals surface area contributed by atoms with E-state index in [1.165, 1.54) is 0 Å². The predicted molar refractivity (Wildman–Crippen MR) is 169 cm³/mol. The molecule has 1 fully saturated rings. The van der Waals surface area contributed by atoms with E-state index in [4.69, 9.17) is 14.5 Å². The number of piperazine rings is 1. The average Bonchev–Trinajstić information content (AvgIpc) is 3.02. The molecule has 0 aliphatic carbocycles. The number of carbonyl (C=O) groups excluding carboxylic acids is 4. The topological polar surface area (TPSA) is 131 Å². The Kier molecular flexibility index (Phi) is 10.9. The Morgan fingerprint density at radius 1 is 0.889 bits per heavy atom. The van der Waals surface area contributed by atoms with Crippen molar-refractivity contribution in [2.75, 3.05) is 32.8 Å². The zero-order valence-corrected chi connectivity index (χ0v) is 26.5. The molecule has 0 spiro atoms. The Balaban J connectivity index is 1.60. The Labute approximate surface area is 263 Å². The summed E-state index contributed by atoms with van der Waals surface area (Å²) in [5.41, 5.74) is 2.55. The lowest BCUT2D eigenvalue weighted by atomic mass is 10.1. The lowest BCUT2D eigenvalue weighted by Crippen LogP contribution is -2.56. The molecule has 238 valence electrons. The van der Waals surface area contributed by atoms with Crippen LogP contribution in [0.25, 0.3) is 22.6 Å². The summed E-state index contributed by atoms with van der Waals surface area (Å²) in [6.07, 6.45) is -0.481. The maximum absolute atomic E-state index is 13.8. The third kappa shape index (κ3) is 9.34. The van der Waals surface area contributed by atoms with Gasteiger partial charge in [-0.3, -0.25) is 14.4 Å². The van der Waals surface area contributed by atoms with Crippen molar-refractivity contribution in [1.82, 2.24) is 25.1 Å². The predicted octanol–water partition coefficient (Wildman–Crippen LogP) is 4.64. The van der Waals surface area contributed by atoms with Gasteiger partial charge in [-0.2, -0.15) is 0 Å². The van der Waals surface area contributed by atoms with Gasteiger partial charge in [0.15, 0.2) is 5.82 Å². The summed E-state index contributed by atoms with van der Waals surface area (Å²) in [4.78, 5) is 64.8. The fourth-order valence-electron chi connectivity index (χ4n) is 4.92. The van der Waals surface area contributed by atoms with E-state index < -0.39 is 29.6 Å². The van der Waals surface area contributed by atoms with Crippen molar-refractivity contribution in [2.45, 2.75) is 59.1 Å². The van der Waals surface area contributed by atoms with E-state index in [2.05, 4.69) is 10.3 Å². The number of aromatic nitrogens is 2.